The van der Waals surface area contributed by atoms with Crippen LogP contribution in [0.2, 0.25) is 0 Å². The van der Waals surface area contributed by atoms with E-state index >= 15 is 0 Å². The quantitative estimate of drug-likeness (QED) is 0.812. The van der Waals surface area contributed by atoms with Gasteiger partial charge in [0, 0.05) is 6.54 Å². The molecule has 2 aromatic heterocycles. The Morgan fingerprint density at radius 3 is 2.88 bits per heavy atom. The van der Waals surface area contributed by atoms with E-state index in [1.165, 1.54) is 19.2 Å². The summed E-state index contributed by atoms with van der Waals surface area (Å²) in [6.45, 7) is 1.85. The summed E-state index contributed by atoms with van der Waals surface area (Å²) in [5.41, 5.74) is 1.77. The van der Waals surface area contributed by atoms with Crippen molar-refractivity contribution in [1.82, 2.24) is 30.3 Å². The molecule has 0 atom stereocenters. The van der Waals surface area contributed by atoms with Crippen LogP contribution in [-0.2, 0) is 6.54 Å². The van der Waals surface area contributed by atoms with Gasteiger partial charge in [0.25, 0.3) is 0 Å². The lowest BCUT2D eigenvalue weighted by molar-refractivity contribution is 0.628. The van der Waals surface area contributed by atoms with Crippen molar-refractivity contribution in [2.75, 3.05) is 6.54 Å². The highest BCUT2D eigenvalue weighted by Crippen LogP contribution is 2.27. The first-order valence-electron chi connectivity index (χ1n) is 5.79. The van der Waals surface area contributed by atoms with E-state index in [9.17, 15) is 0 Å². The normalized spacial score (nSPS) is 15.1. The fraction of sp³-hybridized carbons (Fsp3) is 0.455. The van der Waals surface area contributed by atoms with Gasteiger partial charge in [-0.05, 0) is 25.3 Å². The second-order valence-electron chi connectivity index (χ2n) is 4.33. The molecular formula is C11H14N6. The summed E-state index contributed by atoms with van der Waals surface area (Å²) in [5, 5.41) is 11.5. The van der Waals surface area contributed by atoms with Crippen molar-refractivity contribution in [3.8, 4) is 5.69 Å². The molecule has 1 aliphatic carbocycles. The summed E-state index contributed by atoms with van der Waals surface area (Å²) in [6.07, 6.45) is 9.55. The summed E-state index contributed by atoms with van der Waals surface area (Å²) in [6, 6.07) is 0. The lowest BCUT2D eigenvalue weighted by Crippen LogP contribution is -2.16. The van der Waals surface area contributed by atoms with Gasteiger partial charge in [-0.3, -0.25) is 0 Å². The van der Waals surface area contributed by atoms with E-state index in [1.54, 1.807) is 17.1 Å². The molecule has 17 heavy (non-hydrogen) atoms. The third-order valence-corrected chi connectivity index (χ3v) is 2.79. The first kappa shape index (κ1) is 10.3. The minimum absolute atomic E-state index is 0.768. The van der Waals surface area contributed by atoms with Crippen molar-refractivity contribution in [1.29, 1.82) is 0 Å². The predicted molar refractivity (Wildman–Crippen MR) is 61.4 cm³/mol. The van der Waals surface area contributed by atoms with Gasteiger partial charge >= 0.3 is 0 Å². The molecule has 0 saturated heterocycles. The van der Waals surface area contributed by atoms with Gasteiger partial charge in [-0.2, -0.15) is 0 Å². The summed E-state index contributed by atoms with van der Waals surface area (Å²) < 4.78 is 1.69. The molecule has 0 spiro atoms. The average Bonchev–Trinajstić information content (AvgIpc) is 3.07. The molecular weight excluding hydrogens is 216 g/mol. The molecule has 0 amide bonds. The largest absolute Gasteiger partial charge is 0.311 e. The van der Waals surface area contributed by atoms with Crippen molar-refractivity contribution < 1.29 is 0 Å². The van der Waals surface area contributed by atoms with Gasteiger partial charge in [0.15, 0.2) is 0 Å². The first-order chi connectivity index (χ1) is 8.42. The van der Waals surface area contributed by atoms with Crippen LogP contribution in [0.15, 0.2) is 24.9 Å². The number of aromatic nitrogens is 5. The molecule has 1 aliphatic rings. The molecule has 0 aliphatic heterocycles. The van der Waals surface area contributed by atoms with E-state index in [0.29, 0.717) is 0 Å². The van der Waals surface area contributed by atoms with E-state index in [0.717, 1.165) is 30.4 Å². The highest BCUT2D eigenvalue weighted by molar-refractivity contribution is 5.22. The maximum Gasteiger partial charge on any atom is 0.115 e. The smallest absolute Gasteiger partial charge is 0.115 e. The zero-order valence-corrected chi connectivity index (χ0v) is 9.45. The molecule has 0 aromatic carbocycles. The van der Waals surface area contributed by atoms with Gasteiger partial charge in [-0.1, -0.05) is 5.21 Å². The Balaban J connectivity index is 1.61. The minimum atomic E-state index is 0.768. The van der Waals surface area contributed by atoms with Gasteiger partial charge in [-0.15, -0.1) is 5.10 Å². The maximum absolute atomic E-state index is 4.10. The standard InChI is InChI=1S/C11H14N6/c1-2-9(1)3-12-4-10-7-17(16-15-10)11-5-13-8-14-6-11/h5-9,12H,1-4H2. The topological polar surface area (TPSA) is 68.5 Å². The Morgan fingerprint density at radius 2 is 2.12 bits per heavy atom. The van der Waals surface area contributed by atoms with Crippen LogP contribution in [0.1, 0.15) is 18.5 Å². The lowest BCUT2D eigenvalue weighted by Gasteiger charge is -1.98. The van der Waals surface area contributed by atoms with Crippen LogP contribution in [0.25, 0.3) is 5.69 Å². The third kappa shape index (κ3) is 2.65. The number of hydrogen-bond acceptors (Lipinski definition) is 5. The number of hydrogen-bond donors (Lipinski definition) is 1. The van der Waals surface area contributed by atoms with Crippen molar-refractivity contribution >= 4 is 0 Å². The molecule has 0 bridgehead atoms. The third-order valence-electron chi connectivity index (χ3n) is 2.79. The summed E-state index contributed by atoms with van der Waals surface area (Å²) in [5.74, 6) is 0.882. The number of rotatable bonds is 5. The molecule has 0 unspecified atom stereocenters. The van der Waals surface area contributed by atoms with Crippen LogP contribution in [0.3, 0.4) is 0 Å². The number of nitrogens with zero attached hydrogens (tertiary/aromatic N) is 5. The van der Waals surface area contributed by atoms with E-state index in [1.807, 2.05) is 6.20 Å². The fourth-order valence-electron chi connectivity index (χ4n) is 1.64. The van der Waals surface area contributed by atoms with E-state index < -0.39 is 0 Å². The Labute approximate surface area is 99.1 Å². The van der Waals surface area contributed by atoms with Gasteiger partial charge in [0.1, 0.15) is 12.0 Å². The zero-order valence-electron chi connectivity index (χ0n) is 9.45. The van der Waals surface area contributed by atoms with Gasteiger partial charge < -0.3 is 5.32 Å². The van der Waals surface area contributed by atoms with Crippen LogP contribution in [0.5, 0.6) is 0 Å². The molecule has 0 radical (unpaired) electrons. The SMILES string of the molecule is c1ncc(-n2cc(CNCC3CC3)nn2)cn1. The van der Waals surface area contributed by atoms with Crippen LogP contribution in [-0.4, -0.2) is 31.5 Å². The second-order valence-corrected chi connectivity index (χ2v) is 4.33. The van der Waals surface area contributed by atoms with Gasteiger partial charge in [0.05, 0.1) is 24.3 Å². The summed E-state index contributed by atoms with van der Waals surface area (Å²) in [7, 11) is 0. The zero-order chi connectivity index (χ0) is 11.5. The molecule has 2 heterocycles. The molecule has 2 aromatic rings. The Kier molecular flexibility index (Phi) is 2.79. The molecule has 1 N–H and O–H groups in total. The van der Waals surface area contributed by atoms with Gasteiger partial charge in [-0.25, -0.2) is 14.6 Å². The van der Waals surface area contributed by atoms with Crippen molar-refractivity contribution in [2.24, 2.45) is 5.92 Å². The predicted octanol–water partition coefficient (Wildman–Crippen LogP) is 0.557. The number of nitrogens with one attached hydrogen (secondary N) is 1. The fourth-order valence-corrected chi connectivity index (χ4v) is 1.64. The molecule has 6 heteroatoms. The molecule has 1 fully saturated rings. The van der Waals surface area contributed by atoms with Crippen molar-refractivity contribution in [3.63, 3.8) is 0 Å². The van der Waals surface area contributed by atoms with E-state index in [-0.39, 0.29) is 0 Å². The average molecular weight is 230 g/mol. The van der Waals surface area contributed by atoms with Crippen LogP contribution in [0, 0.1) is 5.92 Å². The Morgan fingerprint density at radius 1 is 1.29 bits per heavy atom. The molecule has 1 saturated carbocycles. The summed E-state index contributed by atoms with van der Waals surface area (Å²) >= 11 is 0. The first-order valence-corrected chi connectivity index (χ1v) is 5.79. The lowest BCUT2D eigenvalue weighted by atomic mass is 10.4. The van der Waals surface area contributed by atoms with E-state index in [4.69, 9.17) is 0 Å². The Hall–Kier alpha value is -1.82. The Bertz CT molecular complexity index is 476. The monoisotopic (exact) mass is 230 g/mol. The van der Waals surface area contributed by atoms with E-state index in [2.05, 4.69) is 25.6 Å². The van der Waals surface area contributed by atoms with Crippen molar-refractivity contribution in [2.45, 2.75) is 19.4 Å². The van der Waals surface area contributed by atoms with Crippen LogP contribution >= 0.6 is 0 Å². The summed E-state index contributed by atoms with van der Waals surface area (Å²) in [4.78, 5) is 7.90. The van der Waals surface area contributed by atoms with Gasteiger partial charge in [0.2, 0.25) is 0 Å². The highest BCUT2D eigenvalue weighted by atomic mass is 15.4. The van der Waals surface area contributed by atoms with Crippen LogP contribution in [0.4, 0.5) is 0 Å². The molecule has 6 nitrogen and oxygen atoms in total. The van der Waals surface area contributed by atoms with Crippen LogP contribution < -0.4 is 5.32 Å². The van der Waals surface area contributed by atoms with Crippen molar-refractivity contribution in [3.05, 3.63) is 30.6 Å². The second kappa shape index (κ2) is 4.58. The highest BCUT2D eigenvalue weighted by Gasteiger charge is 2.20. The molecule has 3 rings (SSSR count). The minimum Gasteiger partial charge on any atom is -0.311 e. The maximum atomic E-state index is 4.10. The molecule has 88 valence electrons.